The molecular formula is C13H13NO6. The van der Waals surface area contributed by atoms with Crippen LogP contribution in [0.1, 0.15) is 18.4 Å². The van der Waals surface area contributed by atoms with Gasteiger partial charge in [0.2, 0.25) is 5.76 Å². The third kappa shape index (κ3) is 2.48. The van der Waals surface area contributed by atoms with Gasteiger partial charge in [-0.25, -0.2) is 4.79 Å². The number of aliphatic hydroxyl groups excluding tert-OH is 2. The second kappa shape index (κ2) is 5.70. The Morgan fingerprint density at radius 2 is 2.05 bits per heavy atom. The number of hydrogen-bond donors (Lipinski definition) is 2. The van der Waals surface area contributed by atoms with E-state index in [4.69, 9.17) is 9.84 Å². The molecule has 1 aromatic rings. The van der Waals surface area contributed by atoms with Gasteiger partial charge in [-0.2, -0.15) is 0 Å². The standard InChI is InChI=1S/C13H13NO6/c15-7-3-6-10-11(12(16)13(17)20-10)8-4-1-2-5-9(8)14(18)19/h1-2,4-5,10,15-16H,3,6-7H2. The molecule has 1 aliphatic rings. The Kier molecular flexibility index (Phi) is 3.99. The summed E-state index contributed by atoms with van der Waals surface area (Å²) in [4.78, 5) is 21.9. The Balaban J connectivity index is 2.47. The van der Waals surface area contributed by atoms with Gasteiger partial charge in [0.05, 0.1) is 16.1 Å². The van der Waals surface area contributed by atoms with Gasteiger partial charge in [-0.05, 0) is 18.9 Å². The molecule has 0 saturated heterocycles. The summed E-state index contributed by atoms with van der Waals surface area (Å²) in [6.07, 6.45) is -0.140. The average molecular weight is 279 g/mol. The zero-order chi connectivity index (χ0) is 14.7. The first kappa shape index (κ1) is 14.0. The van der Waals surface area contributed by atoms with E-state index in [9.17, 15) is 20.0 Å². The summed E-state index contributed by atoms with van der Waals surface area (Å²) in [5.74, 6) is -1.51. The fourth-order valence-electron chi connectivity index (χ4n) is 2.15. The van der Waals surface area contributed by atoms with Crippen molar-refractivity contribution in [1.29, 1.82) is 0 Å². The molecule has 0 fully saturated rings. The molecule has 1 aromatic carbocycles. The summed E-state index contributed by atoms with van der Waals surface area (Å²) in [5, 5.41) is 29.7. The Bertz CT molecular complexity index is 580. The lowest BCUT2D eigenvalue weighted by Crippen LogP contribution is -2.12. The molecule has 1 heterocycles. The van der Waals surface area contributed by atoms with Crippen molar-refractivity contribution >= 4 is 17.2 Å². The van der Waals surface area contributed by atoms with Crippen LogP contribution < -0.4 is 0 Å². The van der Waals surface area contributed by atoms with E-state index in [1.165, 1.54) is 18.2 Å². The molecule has 0 aliphatic carbocycles. The van der Waals surface area contributed by atoms with Gasteiger partial charge < -0.3 is 14.9 Å². The number of ether oxygens (including phenoxy) is 1. The number of esters is 1. The zero-order valence-corrected chi connectivity index (χ0v) is 10.5. The third-order valence-electron chi connectivity index (χ3n) is 3.04. The van der Waals surface area contributed by atoms with Gasteiger partial charge in [-0.3, -0.25) is 10.1 Å². The van der Waals surface area contributed by atoms with E-state index < -0.39 is 22.8 Å². The van der Waals surface area contributed by atoms with Crippen LogP contribution in [0.15, 0.2) is 30.0 Å². The molecule has 0 aromatic heterocycles. The number of nitro benzene ring substituents is 1. The van der Waals surface area contributed by atoms with Crippen molar-refractivity contribution in [2.75, 3.05) is 6.61 Å². The van der Waals surface area contributed by atoms with Crippen molar-refractivity contribution < 1.29 is 24.7 Å². The van der Waals surface area contributed by atoms with Crippen LogP contribution in [-0.4, -0.2) is 33.8 Å². The number of hydrogen-bond acceptors (Lipinski definition) is 6. The minimum absolute atomic E-state index is 0.0982. The quantitative estimate of drug-likeness (QED) is 0.481. The molecule has 1 aliphatic heterocycles. The van der Waals surface area contributed by atoms with Crippen molar-refractivity contribution in [3.8, 4) is 0 Å². The van der Waals surface area contributed by atoms with Crippen LogP contribution in [0.5, 0.6) is 0 Å². The predicted molar refractivity (Wildman–Crippen MR) is 68.8 cm³/mol. The smallest absolute Gasteiger partial charge is 0.374 e. The van der Waals surface area contributed by atoms with E-state index in [0.717, 1.165) is 0 Å². The highest BCUT2D eigenvalue weighted by Gasteiger charge is 2.37. The van der Waals surface area contributed by atoms with Crippen LogP contribution in [0.4, 0.5) is 5.69 Å². The van der Waals surface area contributed by atoms with Crippen LogP contribution in [-0.2, 0) is 9.53 Å². The lowest BCUT2D eigenvalue weighted by molar-refractivity contribution is -0.385. The predicted octanol–water partition coefficient (Wildman–Crippen LogP) is 1.56. The van der Waals surface area contributed by atoms with E-state index in [-0.39, 0.29) is 29.9 Å². The minimum Gasteiger partial charge on any atom is -0.502 e. The summed E-state index contributed by atoms with van der Waals surface area (Å²) in [6.45, 7) is -0.0982. The number of para-hydroxylation sites is 1. The molecule has 20 heavy (non-hydrogen) atoms. The molecule has 2 rings (SSSR count). The molecule has 0 amide bonds. The summed E-state index contributed by atoms with van der Waals surface area (Å²) in [6, 6.07) is 5.83. The number of carbonyl (C=O) groups is 1. The highest BCUT2D eigenvalue weighted by molar-refractivity contribution is 6.01. The molecule has 0 saturated carbocycles. The van der Waals surface area contributed by atoms with E-state index in [1.54, 1.807) is 6.07 Å². The molecule has 0 spiro atoms. The summed E-state index contributed by atoms with van der Waals surface area (Å²) < 4.78 is 4.98. The first-order valence-corrected chi connectivity index (χ1v) is 6.05. The SMILES string of the molecule is O=C1OC(CCCO)C(c2ccccc2[N+](=O)[O-])=C1O. The summed E-state index contributed by atoms with van der Waals surface area (Å²) >= 11 is 0. The molecule has 0 radical (unpaired) electrons. The number of aliphatic hydroxyl groups is 2. The van der Waals surface area contributed by atoms with Crippen molar-refractivity contribution in [2.24, 2.45) is 0 Å². The molecule has 7 heteroatoms. The van der Waals surface area contributed by atoms with Crippen LogP contribution in [0.25, 0.3) is 5.57 Å². The zero-order valence-electron chi connectivity index (χ0n) is 10.5. The molecule has 0 bridgehead atoms. The van der Waals surface area contributed by atoms with Gasteiger partial charge in [0, 0.05) is 12.7 Å². The number of nitrogens with zero attached hydrogens (tertiary/aromatic N) is 1. The Morgan fingerprint density at radius 1 is 1.35 bits per heavy atom. The van der Waals surface area contributed by atoms with Crippen LogP contribution in [0.2, 0.25) is 0 Å². The molecule has 7 nitrogen and oxygen atoms in total. The topological polar surface area (TPSA) is 110 Å². The van der Waals surface area contributed by atoms with Gasteiger partial charge >= 0.3 is 5.97 Å². The average Bonchev–Trinajstić information content (AvgIpc) is 2.71. The normalized spacial score (nSPS) is 18.2. The second-order valence-electron chi connectivity index (χ2n) is 4.30. The van der Waals surface area contributed by atoms with Crippen LogP contribution in [0.3, 0.4) is 0 Å². The van der Waals surface area contributed by atoms with E-state index in [2.05, 4.69) is 0 Å². The molecule has 2 N–H and O–H groups in total. The van der Waals surface area contributed by atoms with E-state index in [1.807, 2.05) is 0 Å². The Labute approximate surface area is 114 Å². The summed E-state index contributed by atoms with van der Waals surface area (Å²) in [5.41, 5.74) is 0.0564. The van der Waals surface area contributed by atoms with Crippen LogP contribution >= 0.6 is 0 Å². The fraction of sp³-hybridized carbons (Fsp3) is 0.308. The van der Waals surface area contributed by atoms with Crippen molar-refractivity contribution in [2.45, 2.75) is 18.9 Å². The second-order valence-corrected chi connectivity index (χ2v) is 4.30. The highest BCUT2D eigenvalue weighted by atomic mass is 16.6. The van der Waals surface area contributed by atoms with Crippen molar-refractivity contribution in [3.63, 3.8) is 0 Å². The fourth-order valence-corrected chi connectivity index (χ4v) is 2.15. The third-order valence-corrected chi connectivity index (χ3v) is 3.04. The Morgan fingerprint density at radius 3 is 2.70 bits per heavy atom. The molecular weight excluding hydrogens is 266 g/mol. The molecule has 106 valence electrons. The first-order valence-electron chi connectivity index (χ1n) is 6.05. The number of cyclic esters (lactones) is 1. The maximum atomic E-state index is 11.5. The maximum Gasteiger partial charge on any atom is 0.374 e. The summed E-state index contributed by atoms with van der Waals surface area (Å²) in [7, 11) is 0. The highest BCUT2D eigenvalue weighted by Crippen LogP contribution is 2.37. The van der Waals surface area contributed by atoms with E-state index in [0.29, 0.717) is 6.42 Å². The van der Waals surface area contributed by atoms with Gasteiger partial charge in [0.25, 0.3) is 5.69 Å². The van der Waals surface area contributed by atoms with Crippen molar-refractivity contribution in [3.05, 3.63) is 45.7 Å². The minimum atomic E-state index is -0.902. The lowest BCUT2D eigenvalue weighted by atomic mass is 9.96. The number of rotatable bonds is 5. The Hall–Kier alpha value is -2.41. The van der Waals surface area contributed by atoms with Gasteiger partial charge in [-0.1, -0.05) is 12.1 Å². The van der Waals surface area contributed by atoms with Crippen molar-refractivity contribution in [1.82, 2.24) is 0 Å². The van der Waals surface area contributed by atoms with Gasteiger partial charge in [-0.15, -0.1) is 0 Å². The number of benzene rings is 1. The molecule has 1 unspecified atom stereocenters. The first-order chi connectivity index (χ1) is 9.56. The lowest BCUT2D eigenvalue weighted by Gasteiger charge is -2.13. The maximum absolute atomic E-state index is 11.5. The number of carbonyl (C=O) groups excluding carboxylic acids is 1. The van der Waals surface area contributed by atoms with Crippen LogP contribution in [0, 0.1) is 10.1 Å². The molecule has 1 atom stereocenters. The van der Waals surface area contributed by atoms with Gasteiger partial charge in [0.15, 0.2) is 0 Å². The monoisotopic (exact) mass is 279 g/mol. The van der Waals surface area contributed by atoms with Gasteiger partial charge in [0.1, 0.15) is 6.10 Å². The van der Waals surface area contributed by atoms with E-state index >= 15 is 0 Å². The number of nitro groups is 1. The largest absolute Gasteiger partial charge is 0.502 e.